The minimum Gasteiger partial charge on any atom is -0.496 e. The van der Waals surface area contributed by atoms with Crippen molar-refractivity contribution in [3.05, 3.63) is 41.2 Å². The van der Waals surface area contributed by atoms with E-state index < -0.39 is 0 Å². The number of nitrogens with zero attached hydrogens (tertiary/aromatic N) is 3. The van der Waals surface area contributed by atoms with Crippen molar-refractivity contribution in [2.24, 2.45) is 7.05 Å². The zero-order valence-electron chi connectivity index (χ0n) is 11.8. The molecule has 5 heteroatoms. The van der Waals surface area contributed by atoms with Crippen LogP contribution in [-0.2, 0) is 7.05 Å². The van der Waals surface area contributed by atoms with Crippen LogP contribution < -0.4 is 10.1 Å². The van der Waals surface area contributed by atoms with Crippen molar-refractivity contribution in [2.45, 2.75) is 19.9 Å². The number of rotatable bonds is 5. The van der Waals surface area contributed by atoms with E-state index >= 15 is 0 Å². The van der Waals surface area contributed by atoms with Gasteiger partial charge >= 0.3 is 0 Å². The van der Waals surface area contributed by atoms with E-state index in [1.807, 2.05) is 13.1 Å². The zero-order chi connectivity index (χ0) is 13.8. The molecular formula is C14H20N4O. The summed E-state index contributed by atoms with van der Waals surface area (Å²) in [6.07, 6.45) is 1.78. The highest BCUT2D eigenvalue weighted by Crippen LogP contribution is 2.30. The molecule has 2 aromatic rings. The third-order valence-electron chi connectivity index (χ3n) is 3.15. The molecule has 1 aromatic heterocycles. The van der Waals surface area contributed by atoms with Crippen LogP contribution in [0.1, 0.15) is 29.8 Å². The van der Waals surface area contributed by atoms with Crippen LogP contribution in [0, 0.1) is 6.92 Å². The van der Waals surface area contributed by atoms with Crippen molar-refractivity contribution in [1.82, 2.24) is 20.3 Å². The summed E-state index contributed by atoms with van der Waals surface area (Å²) in [6, 6.07) is 6.25. The number of ether oxygens (including phenoxy) is 1. The molecule has 0 aliphatic heterocycles. The molecule has 1 atom stereocenters. The molecule has 0 spiro atoms. The lowest BCUT2D eigenvalue weighted by molar-refractivity contribution is 0.402. The lowest BCUT2D eigenvalue weighted by Crippen LogP contribution is -2.24. The van der Waals surface area contributed by atoms with E-state index in [0.717, 1.165) is 23.6 Å². The molecule has 5 nitrogen and oxygen atoms in total. The molecule has 0 fully saturated rings. The largest absolute Gasteiger partial charge is 0.496 e. The Kier molecular flexibility index (Phi) is 4.16. The fourth-order valence-corrected chi connectivity index (χ4v) is 2.19. The van der Waals surface area contributed by atoms with Gasteiger partial charge in [-0.05, 0) is 25.1 Å². The number of benzene rings is 1. The lowest BCUT2D eigenvalue weighted by Gasteiger charge is -2.20. The predicted molar refractivity (Wildman–Crippen MR) is 74.3 cm³/mol. The van der Waals surface area contributed by atoms with Gasteiger partial charge < -0.3 is 10.1 Å². The van der Waals surface area contributed by atoms with E-state index in [9.17, 15) is 0 Å². The Morgan fingerprint density at radius 3 is 2.79 bits per heavy atom. The molecule has 0 aliphatic rings. The summed E-state index contributed by atoms with van der Waals surface area (Å²) in [5.41, 5.74) is 3.29. The van der Waals surface area contributed by atoms with E-state index in [-0.39, 0.29) is 6.04 Å². The standard InChI is InChI=1S/C14H20N4O/c1-5-15-14(12-9-16-17-18(12)3)11-7-6-10(2)8-13(11)19-4/h6-9,14-15H,5H2,1-4H3. The highest BCUT2D eigenvalue weighted by Gasteiger charge is 2.20. The normalized spacial score (nSPS) is 12.4. The number of methoxy groups -OCH3 is 1. The summed E-state index contributed by atoms with van der Waals surface area (Å²) >= 11 is 0. The SMILES string of the molecule is CCNC(c1ccc(C)cc1OC)c1cnnn1C. The third-order valence-corrected chi connectivity index (χ3v) is 3.15. The molecule has 0 amide bonds. The molecule has 1 heterocycles. The third kappa shape index (κ3) is 2.76. The average molecular weight is 260 g/mol. The first-order valence-corrected chi connectivity index (χ1v) is 6.39. The Balaban J connectivity index is 2.48. The average Bonchev–Trinajstić information content (AvgIpc) is 2.82. The fraction of sp³-hybridized carbons (Fsp3) is 0.429. The van der Waals surface area contributed by atoms with Crippen LogP contribution in [0.25, 0.3) is 0 Å². The molecule has 102 valence electrons. The van der Waals surface area contributed by atoms with Crippen LogP contribution in [0.15, 0.2) is 24.4 Å². The van der Waals surface area contributed by atoms with E-state index in [2.05, 4.69) is 41.6 Å². The number of aromatic nitrogens is 3. The second-order valence-electron chi connectivity index (χ2n) is 4.52. The van der Waals surface area contributed by atoms with Gasteiger partial charge in [0.2, 0.25) is 0 Å². The van der Waals surface area contributed by atoms with E-state index in [4.69, 9.17) is 4.74 Å². The Bertz CT molecular complexity index is 550. The van der Waals surface area contributed by atoms with Gasteiger partial charge in [-0.1, -0.05) is 24.3 Å². The van der Waals surface area contributed by atoms with Gasteiger partial charge in [0.15, 0.2) is 0 Å². The minimum absolute atomic E-state index is 0.0283. The van der Waals surface area contributed by atoms with E-state index in [0.29, 0.717) is 0 Å². The molecule has 0 bridgehead atoms. The fourth-order valence-electron chi connectivity index (χ4n) is 2.19. The molecular weight excluding hydrogens is 240 g/mol. The van der Waals surface area contributed by atoms with Gasteiger partial charge in [0, 0.05) is 12.6 Å². The summed E-state index contributed by atoms with van der Waals surface area (Å²) in [7, 11) is 3.59. The number of hydrogen-bond donors (Lipinski definition) is 1. The summed E-state index contributed by atoms with van der Waals surface area (Å²) in [5, 5.41) is 11.4. The molecule has 2 rings (SSSR count). The van der Waals surface area contributed by atoms with Crippen LogP contribution >= 0.6 is 0 Å². The summed E-state index contributed by atoms with van der Waals surface area (Å²) in [5.74, 6) is 0.882. The highest BCUT2D eigenvalue weighted by atomic mass is 16.5. The maximum absolute atomic E-state index is 5.50. The van der Waals surface area contributed by atoms with Crippen molar-refractivity contribution in [2.75, 3.05) is 13.7 Å². The second-order valence-corrected chi connectivity index (χ2v) is 4.52. The molecule has 0 radical (unpaired) electrons. The van der Waals surface area contributed by atoms with Crippen LogP contribution in [0.3, 0.4) is 0 Å². The first kappa shape index (κ1) is 13.5. The number of hydrogen-bond acceptors (Lipinski definition) is 4. The number of nitrogens with one attached hydrogen (secondary N) is 1. The quantitative estimate of drug-likeness (QED) is 0.891. The first-order chi connectivity index (χ1) is 9.17. The minimum atomic E-state index is 0.0283. The molecule has 0 saturated heterocycles. The topological polar surface area (TPSA) is 52.0 Å². The smallest absolute Gasteiger partial charge is 0.124 e. The van der Waals surface area contributed by atoms with Crippen LogP contribution in [0.5, 0.6) is 5.75 Å². The lowest BCUT2D eigenvalue weighted by atomic mass is 10.0. The van der Waals surface area contributed by atoms with Crippen LogP contribution in [0.2, 0.25) is 0 Å². The zero-order valence-corrected chi connectivity index (χ0v) is 11.8. The predicted octanol–water partition coefficient (Wildman–Crippen LogP) is 1.83. The van der Waals surface area contributed by atoms with Crippen molar-refractivity contribution < 1.29 is 4.74 Å². The van der Waals surface area contributed by atoms with Crippen LogP contribution in [-0.4, -0.2) is 28.6 Å². The van der Waals surface area contributed by atoms with Gasteiger partial charge in [-0.2, -0.15) is 0 Å². The van der Waals surface area contributed by atoms with Crippen molar-refractivity contribution in [3.8, 4) is 5.75 Å². The monoisotopic (exact) mass is 260 g/mol. The molecule has 1 N–H and O–H groups in total. The second kappa shape index (κ2) is 5.84. The first-order valence-electron chi connectivity index (χ1n) is 6.39. The molecule has 0 saturated carbocycles. The Labute approximate surface area is 113 Å². The summed E-state index contributed by atoms with van der Waals surface area (Å²) in [6.45, 7) is 4.99. The van der Waals surface area contributed by atoms with Crippen molar-refractivity contribution in [3.63, 3.8) is 0 Å². The Morgan fingerprint density at radius 2 is 2.21 bits per heavy atom. The van der Waals surface area contributed by atoms with Gasteiger partial charge in [-0.25, -0.2) is 0 Å². The highest BCUT2D eigenvalue weighted by molar-refractivity contribution is 5.42. The van der Waals surface area contributed by atoms with Crippen molar-refractivity contribution in [1.29, 1.82) is 0 Å². The van der Waals surface area contributed by atoms with Crippen molar-refractivity contribution >= 4 is 0 Å². The summed E-state index contributed by atoms with van der Waals surface area (Å²) < 4.78 is 7.29. The van der Waals surface area contributed by atoms with Crippen LogP contribution in [0.4, 0.5) is 0 Å². The van der Waals surface area contributed by atoms with Gasteiger partial charge in [-0.15, -0.1) is 5.10 Å². The maximum Gasteiger partial charge on any atom is 0.124 e. The molecule has 1 aromatic carbocycles. The maximum atomic E-state index is 5.50. The van der Waals surface area contributed by atoms with Gasteiger partial charge in [0.1, 0.15) is 5.75 Å². The number of aryl methyl sites for hydroxylation is 2. The van der Waals surface area contributed by atoms with Gasteiger partial charge in [-0.3, -0.25) is 4.68 Å². The van der Waals surface area contributed by atoms with Gasteiger partial charge in [0.05, 0.1) is 25.0 Å². The van der Waals surface area contributed by atoms with E-state index in [1.165, 1.54) is 5.56 Å². The molecule has 0 aliphatic carbocycles. The molecule has 19 heavy (non-hydrogen) atoms. The Hall–Kier alpha value is -1.88. The van der Waals surface area contributed by atoms with Gasteiger partial charge in [0.25, 0.3) is 0 Å². The van der Waals surface area contributed by atoms with E-state index in [1.54, 1.807) is 18.0 Å². The summed E-state index contributed by atoms with van der Waals surface area (Å²) in [4.78, 5) is 0. The molecule has 1 unspecified atom stereocenters. The Morgan fingerprint density at radius 1 is 1.42 bits per heavy atom.